The molecule has 0 spiro atoms. The minimum atomic E-state index is -0.132. The SMILES string of the molecule is COCCOc1cc(Cl)c(O)c(Cl)c1. The summed E-state index contributed by atoms with van der Waals surface area (Å²) in [5, 5.41) is 9.60. The molecule has 0 saturated heterocycles. The molecule has 0 aliphatic carbocycles. The van der Waals surface area contributed by atoms with Gasteiger partial charge in [0.05, 0.1) is 16.7 Å². The van der Waals surface area contributed by atoms with E-state index in [0.717, 1.165) is 0 Å². The summed E-state index contributed by atoms with van der Waals surface area (Å²) in [5.74, 6) is 0.377. The highest BCUT2D eigenvalue weighted by Crippen LogP contribution is 2.35. The number of ether oxygens (including phenoxy) is 2. The Bertz CT molecular complexity index is 292. The average molecular weight is 237 g/mol. The molecule has 5 heteroatoms. The molecule has 1 aromatic carbocycles. The lowest BCUT2D eigenvalue weighted by atomic mass is 10.3. The molecule has 14 heavy (non-hydrogen) atoms. The number of phenols is 1. The summed E-state index contributed by atoms with van der Waals surface area (Å²) in [5.41, 5.74) is 0. The maximum atomic E-state index is 9.26. The summed E-state index contributed by atoms with van der Waals surface area (Å²) in [7, 11) is 1.58. The Morgan fingerprint density at radius 2 is 1.79 bits per heavy atom. The summed E-state index contributed by atoms with van der Waals surface area (Å²) in [4.78, 5) is 0. The Morgan fingerprint density at radius 1 is 1.21 bits per heavy atom. The van der Waals surface area contributed by atoms with E-state index in [1.54, 1.807) is 7.11 Å². The van der Waals surface area contributed by atoms with Crippen LogP contribution in [0.25, 0.3) is 0 Å². The van der Waals surface area contributed by atoms with Crippen molar-refractivity contribution in [3.8, 4) is 11.5 Å². The smallest absolute Gasteiger partial charge is 0.153 e. The Kier molecular flexibility index (Phi) is 4.32. The third kappa shape index (κ3) is 2.94. The maximum Gasteiger partial charge on any atom is 0.153 e. The fourth-order valence-electron chi connectivity index (χ4n) is 0.868. The van der Waals surface area contributed by atoms with Crippen LogP contribution >= 0.6 is 23.2 Å². The zero-order valence-electron chi connectivity index (χ0n) is 7.59. The number of benzene rings is 1. The molecule has 0 radical (unpaired) electrons. The first-order valence-electron chi connectivity index (χ1n) is 3.95. The second-order valence-corrected chi connectivity index (χ2v) is 3.39. The number of halogens is 2. The minimum absolute atomic E-state index is 0.132. The van der Waals surface area contributed by atoms with E-state index in [1.807, 2.05) is 0 Å². The van der Waals surface area contributed by atoms with E-state index < -0.39 is 0 Å². The molecule has 3 nitrogen and oxygen atoms in total. The van der Waals surface area contributed by atoms with E-state index in [9.17, 15) is 5.11 Å². The van der Waals surface area contributed by atoms with Crippen molar-refractivity contribution < 1.29 is 14.6 Å². The Balaban J connectivity index is 2.69. The molecule has 0 amide bonds. The molecule has 1 N–H and O–H groups in total. The van der Waals surface area contributed by atoms with E-state index in [2.05, 4.69) is 0 Å². The molecule has 0 aliphatic rings. The summed E-state index contributed by atoms with van der Waals surface area (Å²) < 4.78 is 10.1. The van der Waals surface area contributed by atoms with E-state index in [4.69, 9.17) is 32.7 Å². The van der Waals surface area contributed by atoms with Crippen molar-refractivity contribution in [2.24, 2.45) is 0 Å². The van der Waals surface area contributed by atoms with Crippen molar-refractivity contribution in [1.29, 1.82) is 0 Å². The number of phenolic OH excluding ortho intramolecular Hbond substituents is 1. The molecule has 0 saturated carbocycles. The third-order valence-electron chi connectivity index (χ3n) is 1.55. The van der Waals surface area contributed by atoms with E-state index >= 15 is 0 Å². The van der Waals surface area contributed by atoms with Gasteiger partial charge in [-0.2, -0.15) is 0 Å². The van der Waals surface area contributed by atoms with Crippen LogP contribution in [0.1, 0.15) is 0 Å². The van der Waals surface area contributed by atoms with Gasteiger partial charge in [0.2, 0.25) is 0 Å². The molecule has 78 valence electrons. The summed E-state index contributed by atoms with van der Waals surface area (Å²) in [6.45, 7) is 0.893. The Labute approximate surface area is 92.2 Å². The number of hydrogen-bond donors (Lipinski definition) is 1. The van der Waals surface area contributed by atoms with E-state index in [1.165, 1.54) is 12.1 Å². The van der Waals surface area contributed by atoms with Gasteiger partial charge in [0.25, 0.3) is 0 Å². The van der Waals surface area contributed by atoms with Crippen LogP contribution in [0.2, 0.25) is 10.0 Å². The minimum Gasteiger partial charge on any atom is -0.505 e. The van der Waals surface area contributed by atoms with Crippen molar-refractivity contribution in [3.63, 3.8) is 0 Å². The molecule has 0 aromatic heterocycles. The van der Waals surface area contributed by atoms with Crippen molar-refractivity contribution in [2.45, 2.75) is 0 Å². The van der Waals surface area contributed by atoms with Crippen LogP contribution in [0.5, 0.6) is 11.5 Å². The average Bonchev–Trinajstić information content (AvgIpc) is 2.14. The van der Waals surface area contributed by atoms with Gasteiger partial charge in [-0.25, -0.2) is 0 Å². The molecule has 0 unspecified atom stereocenters. The summed E-state index contributed by atoms with van der Waals surface area (Å²) in [6.07, 6.45) is 0. The van der Waals surface area contributed by atoms with Crippen LogP contribution in [0.3, 0.4) is 0 Å². The van der Waals surface area contributed by atoms with Gasteiger partial charge in [-0.3, -0.25) is 0 Å². The first-order valence-corrected chi connectivity index (χ1v) is 4.70. The van der Waals surface area contributed by atoms with Crippen molar-refractivity contribution >= 4 is 23.2 Å². The van der Waals surface area contributed by atoms with Gasteiger partial charge in [0.1, 0.15) is 12.4 Å². The van der Waals surface area contributed by atoms with Gasteiger partial charge in [-0.05, 0) is 0 Å². The van der Waals surface area contributed by atoms with Crippen molar-refractivity contribution in [2.75, 3.05) is 20.3 Å². The quantitative estimate of drug-likeness (QED) is 0.818. The zero-order valence-corrected chi connectivity index (χ0v) is 9.10. The number of rotatable bonds is 4. The van der Waals surface area contributed by atoms with Gasteiger partial charge in [0, 0.05) is 19.2 Å². The molecule has 0 bridgehead atoms. The van der Waals surface area contributed by atoms with Crippen LogP contribution in [0.15, 0.2) is 12.1 Å². The first kappa shape index (κ1) is 11.4. The largest absolute Gasteiger partial charge is 0.505 e. The lowest BCUT2D eigenvalue weighted by molar-refractivity contribution is 0.146. The van der Waals surface area contributed by atoms with Gasteiger partial charge in [-0.1, -0.05) is 23.2 Å². The molecular weight excluding hydrogens is 227 g/mol. The fraction of sp³-hybridized carbons (Fsp3) is 0.333. The van der Waals surface area contributed by atoms with Crippen molar-refractivity contribution in [3.05, 3.63) is 22.2 Å². The van der Waals surface area contributed by atoms with Crippen LogP contribution < -0.4 is 4.74 Å². The van der Waals surface area contributed by atoms with Gasteiger partial charge >= 0.3 is 0 Å². The third-order valence-corrected chi connectivity index (χ3v) is 2.12. The van der Waals surface area contributed by atoms with Crippen LogP contribution in [-0.2, 0) is 4.74 Å². The fourth-order valence-corrected chi connectivity index (χ4v) is 1.34. The van der Waals surface area contributed by atoms with Gasteiger partial charge < -0.3 is 14.6 Å². The van der Waals surface area contributed by atoms with Gasteiger partial charge in [-0.15, -0.1) is 0 Å². The normalized spacial score (nSPS) is 10.2. The second kappa shape index (κ2) is 5.29. The molecular formula is C9H10Cl2O3. The standard InChI is InChI=1S/C9H10Cl2O3/c1-13-2-3-14-6-4-7(10)9(12)8(11)5-6/h4-5,12H,2-3H2,1H3. The lowest BCUT2D eigenvalue weighted by Crippen LogP contribution is -2.04. The highest BCUT2D eigenvalue weighted by atomic mass is 35.5. The van der Waals surface area contributed by atoms with Crippen LogP contribution in [0, 0.1) is 0 Å². The second-order valence-electron chi connectivity index (χ2n) is 2.58. The zero-order chi connectivity index (χ0) is 10.6. The maximum absolute atomic E-state index is 9.26. The molecule has 0 fully saturated rings. The number of hydrogen-bond acceptors (Lipinski definition) is 3. The highest BCUT2D eigenvalue weighted by Gasteiger charge is 2.06. The molecule has 0 aliphatic heterocycles. The molecule has 0 atom stereocenters. The highest BCUT2D eigenvalue weighted by molar-refractivity contribution is 6.37. The summed E-state index contributed by atoms with van der Waals surface area (Å²) in [6, 6.07) is 3.00. The van der Waals surface area contributed by atoms with Gasteiger partial charge in [0.15, 0.2) is 5.75 Å². The van der Waals surface area contributed by atoms with Crippen molar-refractivity contribution in [1.82, 2.24) is 0 Å². The number of aromatic hydroxyl groups is 1. The molecule has 1 rings (SSSR count). The Hall–Kier alpha value is -0.640. The van der Waals surface area contributed by atoms with Crippen LogP contribution in [0.4, 0.5) is 0 Å². The predicted octanol–water partition coefficient (Wildman–Crippen LogP) is 2.72. The lowest BCUT2D eigenvalue weighted by Gasteiger charge is -2.07. The number of methoxy groups -OCH3 is 1. The summed E-state index contributed by atoms with van der Waals surface area (Å²) >= 11 is 11.4. The van der Waals surface area contributed by atoms with E-state index in [0.29, 0.717) is 19.0 Å². The van der Waals surface area contributed by atoms with Crippen LogP contribution in [-0.4, -0.2) is 25.4 Å². The monoisotopic (exact) mass is 236 g/mol. The Morgan fingerprint density at radius 3 is 2.29 bits per heavy atom. The molecule has 1 aromatic rings. The first-order chi connectivity index (χ1) is 6.65. The molecule has 0 heterocycles. The van der Waals surface area contributed by atoms with E-state index in [-0.39, 0.29) is 15.8 Å². The topological polar surface area (TPSA) is 38.7 Å². The predicted molar refractivity (Wildman–Crippen MR) is 55.5 cm³/mol.